The van der Waals surface area contributed by atoms with E-state index in [9.17, 15) is 20.0 Å². The monoisotopic (exact) mass is 409 g/mol. The fourth-order valence-corrected chi connectivity index (χ4v) is 2.97. The lowest BCUT2D eigenvalue weighted by atomic mass is 9.85. The molecule has 0 saturated carbocycles. The van der Waals surface area contributed by atoms with Gasteiger partial charge in [0, 0.05) is 11.6 Å². The molecule has 0 aliphatic carbocycles. The highest BCUT2D eigenvalue weighted by Crippen LogP contribution is 2.30. The maximum absolute atomic E-state index is 12.9. The molecule has 146 valence electrons. The number of hydrogen-bond donors (Lipinski definition) is 2. The summed E-state index contributed by atoms with van der Waals surface area (Å²) in [5.41, 5.74) is 1.19. The van der Waals surface area contributed by atoms with Crippen molar-refractivity contribution < 1.29 is 14.8 Å². The molecule has 0 heterocycles. The zero-order valence-electron chi connectivity index (χ0n) is 15.0. The van der Waals surface area contributed by atoms with Crippen LogP contribution in [0.2, 0.25) is 5.02 Å². The molecule has 3 rings (SSSR count). The number of amides is 1. The summed E-state index contributed by atoms with van der Waals surface area (Å²) in [7, 11) is 0. The van der Waals surface area contributed by atoms with E-state index in [4.69, 9.17) is 11.6 Å². The second-order valence-electron chi connectivity index (χ2n) is 6.11. The number of nitrogens with zero attached hydrogens (tertiary/aromatic N) is 2. The molecule has 7 nitrogen and oxygen atoms in total. The lowest BCUT2D eigenvalue weighted by Crippen LogP contribution is -2.43. The Labute approximate surface area is 171 Å². The molecule has 0 bridgehead atoms. The molecule has 3 aromatic carbocycles. The fourth-order valence-electron chi connectivity index (χ4n) is 2.78. The molecule has 0 saturated heterocycles. The average molecular weight is 410 g/mol. The molecule has 0 radical (unpaired) electrons. The molecule has 8 heteroatoms. The summed E-state index contributed by atoms with van der Waals surface area (Å²) in [5, 5.41) is 26.1. The lowest BCUT2D eigenvalue weighted by Gasteiger charge is -2.27. The lowest BCUT2D eigenvalue weighted by molar-refractivity contribution is -0.384. The number of carbonyl (C=O) groups excluding carboxylic acids is 1. The number of hydrazone groups is 1. The number of hydrogen-bond acceptors (Lipinski definition) is 5. The zero-order valence-corrected chi connectivity index (χ0v) is 15.8. The largest absolute Gasteiger partial charge is 0.372 e. The third kappa shape index (κ3) is 4.31. The third-order valence-corrected chi connectivity index (χ3v) is 4.58. The quantitative estimate of drug-likeness (QED) is 0.368. The predicted octanol–water partition coefficient (Wildman–Crippen LogP) is 3.63. The van der Waals surface area contributed by atoms with Gasteiger partial charge < -0.3 is 5.11 Å². The molecule has 0 aliphatic rings. The number of nitro benzene ring substituents is 1. The minimum atomic E-state index is -1.97. The molecule has 3 aromatic rings. The number of benzene rings is 3. The normalized spacial score (nSPS) is 11.4. The van der Waals surface area contributed by atoms with Crippen molar-refractivity contribution in [2.45, 2.75) is 5.60 Å². The van der Waals surface area contributed by atoms with Crippen LogP contribution in [0, 0.1) is 10.1 Å². The number of aliphatic hydroxyl groups is 1. The van der Waals surface area contributed by atoms with Gasteiger partial charge in [-0.2, -0.15) is 5.10 Å². The van der Waals surface area contributed by atoms with E-state index in [1.807, 2.05) is 0 Å². The Bertz CT molecular complexity index is 1020. The maximum Gasteiger partial charge on any atom is 0.288 e. The molecule has 0 aliphatic heterocycles. The molecule has 0 aromatic heterocycles. The van der Waals surface area contributed by atoms with Crippen molar-refractivity contribution in [3.63, 3.8) is 0 Å². The first kappa shape index (κ1) is 20.2. The van der Waals surface area contributed by atoms with Crippen LogP contribution < -0.4 is 5.43 Å². The Morgan fingerprint density at radius 1 is 1.03 bits per heavy atom. The van der Waals surface area contributed by atoms with E-state index in [2.05, 4.69) is 10.5 Å². The van der Waals surface area contributed by atoms with Crippen LogP contribution in [0.3, 0.4) is 0 Å². The number of nitrogens with one attached hydrogen (secondary N) is 1. The van der Waals surface area contributed by atoms with Crippen LogP contribution in [0.25, 0.3) is 0 Å². The molecule has 0 fully saturated rings. The van der Waals surface area contributed by atoms with Crippen LogP contribution in [0.4, 0.5) is 5.69 Å². The SMILES string of the molecule is O=C(NN=Cc1ccc(Cl)c([N+](=O)[O-])c1)C(O)(c1ccccc1)c1ccccc1. The van der Waals surface area contributed by atoms with Gasteiger partial charge in [-0.1, -0.05) is 78.3 Å². The molecular weight excluding hydrogens is 394 g/mol. The number of nitro groups is 1. The topological polar surface area (TPSA) is 105 Å². The third-order valence-electron chi connectivity index (χ3n) is 4.26. The van der Waals surface area contributed by atoms with Gasteiger partial charge in [0.2, 0.25) is 0 Å². The van der Waals surface area contributed by atoms with Crippen molar-refractivity contribution in [2.24, 2.45) is 5.10 Å². The summed E-state index contributed by atoms with van der Waals surface area (Å²) in [6.07, 6.45) is 1.23. The Morgan fingerprint density at radius 3 is 2.10 bits per heavy atom. The highest BCUT2D eigenvalue weighted by atomic mass is 35.5. The summed E-state index contributed by atoms with van der Waals surface area (Å²) >= 11 is 5.78. The van der Waals surface area contributed by atoms with Gasteiger partial charge in [-0.05, 0) is 17.2 Å². The molecule has 29 heavy (non-hydrogen) atoms. The van der Waals surface area contributed by atoms with Crippen LogP contribution in [0.15, 0.2) is 84.0 Å². The summed E-state index contributed by atoms with van der Waals surface area (Å²) in [5.74, 6) is -0.769. The molecule has 0 unspecified atom stereocenters. The van der Waals surface area contributed by atoms with Gasteiger partial charge in [-0.15, -0.1) is 0 Å². The highest BCUT2D eigenvalue weighted by Gasteiger charge is 2.39. The van der Waals surface area contributed by atoms with Crippen molar-refractivity contribution >= 4 is 29.4 Å². The predicted molar refractivity (Wildman–Crippen MR) is 110 cm³/mol. The van der Waals surface area contributed by atoms with Crippen molar-refractivity contribution in [1.82, 2.24) is 5.43 Å². The Balaban J connectivity index is 1.88. The molecule has 2 N–H and O–H groups in total. The minimum absolute atomic E-state index is 0.00119. The van der Waals surface area contributed by atoms with E-state index in [1.165, 1.54) is 24.4 Å². The van der Waals surface area contributed by atoms with Crippen molar-refractivity contribution in [3.05, 3.63) is 111 Å². The van der Waals surface area contributed by atoms with Gasteiger partial charge in [0.15, 0.2) is 5.60 Å². The Kier molecular flexibility index (Phi) is 6.01. The second-order valence-corrected chi connectivity index (χ2v) is 6.52. The van der Waals surface area contributed by atoms with Gasteiger partial charge in [0.1, 0.15) is 5.02 Å². The first-order valence-corrected chi connectivity index (χ1v) is 8.91. The van der Waals surface area contributed by atoms with Crippen molar-refractivity contribution in [2.75, 3.05) is 0 Å². The maximum atomic E-state index is 12.9. The van der Waals surface area contributed by atoms with E-state index in [1.54, 1.807) is 60.7 Å². The van der Waals surface area contributed by atoms with Gasteiger partial charge in [-0.25, -0.2) is 5.43 Å². The number of carbonyl (C=O) groups is 1. The first-order chi connectivity index (χ1) is 13.9. The summed E-state index contributed by atoms with van der Waals surface area (Å²) in [6, 6.07) is 21.1. The standard InChI is InChI=1S/C21H16ClN3O4/c22-18-12-11-15(13-19(18)25(28)29)14-23-24-20(26)21(27,16-7-3-1-4-8-16)17-9-5-2-6-10-17/h1-14,27H,(H,24,26). The molecule has 0 spiro atoms. The first-order valence-electron chi connectivity index (χ1n) is 8.54. The van der Waals surface area contributed by atoms with Crippen LogP contribution in [0.1, 0.15) is 16.7 Å². The van der Waals surface area contributed by atoms with Gasteiger partial charge in [0.25, 0.3) is 11.6 Å². The van der Waals surface area contributed by atoms with Gasteiger partial charge in [0.05, 0.1) is 11.1 Å². The molecule has 1 amide bonds. The van der Waals surface area contributed by atoms with E-state index in [-0.39, 0.29) is 10.7 Å². The second kappa shape index (κ2) is 8.64. The summed E-state index contributed by atoms with van der Waals surface area (Å²) in [4.78, 5) is 23.2. The van der Waals surface area contributed by atoms with Gasteiger partial charge >= 0.3 is 0 Å². The van der Waals surface area contributed by atoms with Gasteiger partial charge in [-0.3, -0.25) is 14.9 Å². The minimum Gasteiger partial charge on any atom is -0.372 e. The van der Waals surface area contributed by atoms with Crippen molar-refractivity contribution in [3.8, 4) is 0 Å². The number of rotatable bonds is 6. The fraction of sp³-hybridized carbons (Fsp3) is 0.0476. The molecular formula is C21H16ClN3O4. The summed E-state index contributed by atoms with van der Waals surface area (Å²) < 4.78 is 0. The Morgan fingerprint density at radius 2 is 1.59 bits per heavy atom. The Hall–Kier alpha value is -3.55. The van der Waals surface area contributed by atoms with E-state index >= 15 is 0 Å². The van der Waals surface area contributed by atoms with Crippen LogP contribution in [-0.4, -0.2) is 22.2 Å². The summed E-state index contributed by atoms with van der Waals surface area (Å²) in [6.45, 7) is 0. The smallest absolute Gasteiger partial charge is 0.288 e. The van der Waals surface area contributed by atoms with E-state index < -0.39 is 16.4 Å². The zero-order chi connectivity index (χ0) is 20.9. The van der Waals surface area contributed by atoms with E-state index in [0.29, 0.717) is 16.7 Å². The molecule has 0 atom stereocenters. The van der Waals surface area contributed by atoms with Crippen LogP contribution >= 0.6 is 11.6 Å². The highest BCUT2D eigenvalue weighted by molar-refractivity contribution is 6.32. The van der Waals surface area contributed by atoms with Crippen molar-refractivity contribution in [1.29, 1.82) is 0 Å². The average Bonchev–Trinajstić information content (AvgIpc) is 2.75. The van der Waals surface area contributed by atoms with Crippen LogP contribution in [0.5, 0.6) is 0 Å². The van der Waals surface area contributed by atoms with Crippen LogP contribution in [-0.2, 0) is 10.4 Å². The number of halogens is 1. The van der Waals surface area contributed by atoms with E-state index in [0.717, 1.165) is 0 Å².